The second kappa shape index (κ2) is 8.46. The van der Waals surface area contributed by atoms with Crippen LogP contribution in [-0.4, -0.2) is 61.3 Å². The molecule has 0 fully saturated rings. The van der Waals surface area contributed by atoms with Gasteiger partial charge in [-0.2, -0.15) is 0 Å². The Balaban J connectivity index is 0. The van der Waals surface area contributed by atoms with E-state index in [0.717, 1.165) is 0 Å². The fourth-order valence-electron chi connectivity index (χ4n) is 0.656. The first-order valence-electron chi connectivity index (χ1n) is 4.06. The fraction of sp³-hybridized carbons (Fsp3) is 0.750. The van der Waals surface area contributed by atoms with Crippen molar-refractivity contribution < 1.29 is 19.8 Å². The third-order valence-corrected chi connectivity index (χ3v) is 1.28. The number of hydrogen-bond donors (Lipinski definition) is 3. The Morgan fingerprint density at radius 3 is 1.71 bits per heavy atom. The van der Waals surface area contributed by atoms with E-state index in [1.807, 2.05) is 14.1 Å². The molecule has 0 aliphatic heterocycles. The van der Waals surface area contributed by atoms with Crippen LogP contribution in [0.4, 0.5) is 0 Å². The van der Waals surface area contributed by atoms with Crippen molar-refractivity contribution in [2.24, 2.45) is 0 Å². The normalized spacial score (nSPS) is 11.5. The molecule has 6 heteroatoms. The van der Waals surface area contributed by atoms with Crippen LogP contribution >= 0.6 is 0 Å². The maximum Gasteiger partial charge on any atom is 0.321 e. The van der Waals surface area contributed by atoms with Crippen LogP contribution in [0.2, 0.25) is 0 Å². The third-order valence-electron chi connectivity index (χ3n) is 1.28. The Kier molecular flexibility index (Phi) is 9.27. The molecule has 0 radical (unpaired) electrons. The molecule has 0 rings (SSSR count). The SMILES string of the molecule is CN(C)C(CC(=O)O)C(=O)O.CNC. The summed E-state index contributed by atoms with van der Waals surface area (Å²) in [6.45, 7) is 0. The van der Waals surface area contributed by atoms with E-state index in [1.165, 1.54) is 19.0 Å². The van der Waals surface area contributed by atoms with Gasteiger partial charge in [-0.15, -0.1) is 0 Å². The number of hydrogen-bond acceptors (Lipinski definition) is 4. The van der Waals surface area contributed by atoms with Crippen LogP contribution in [0.5, 0.6) is 0 Å². The van der Waals surface area contributed by atoms with Gasteiger partial charge in [0.1, 0.15) is 6.04 Å². The summed E-state index contributed by atoms with van der Waals surface area (Å²) in [5.41, 5.74) is 0. The lowest BCUT2D eigenvalue weighted by Crippen LogP contribution is -2.37. The number of likely N-dealkylation sites (N-methyl/N-ethyl adjacent to an activating group) is 1. The van der Waals surface area contributed by atoms with Crippen molar-refractivity contribution in [3.05, 3.63) is 0 Å². The van der Waals surface area contributed by atoms with E-state index in [-0.39, 0.29) is 6.42 Å². The molecular formula is C8H18N2O4. The molecule has 0 saturated carbocycles. The van der Waals surface area contributed by atoms with Gasteiger partial charge in [0.15, 0.2) is 0 Å². The highest BCUT2D eigenvalue weighted by molar-refractivity contribution is 5.80. The first-order valence-corrected chi connectivity index (χ1v) is 4.06. The quantitative estimate of drug-likeness (QED) is 0.564. The number of nitrogens with zero attached hydrogens (tertiary/aromatic N) is 1. The number of carbonyl (C=O) groups is 2. The average molecular weight is 206 g/mol. The van der Waals surface area contributed by atoms with Gasteiger partial charge in [-0.05, 0) is 28.2 Å². The number of rotatable bonds is 4. The van der Waals surface area contributed by atoms with Crippen molar-refractivity contribution in [2.75, 3.05) is 28.2 Å². The van der Waals surface area contributed by atoms with E-state index in [9.17, 15) is 9.59 Å². The van der Waals surface area contributed by atoms with E-state index in [1.54, 1.807) is 0 Å². The predicted octanol–water partition coefficient (Wildman–Crippen LogP) is -0.688. The summed E-state index contributed by atoms with van der Waals surface area (Å²) in [6, 6.07) is -0.938. The van der Waals surface area contributed by atoms with Crippen molar-refractivity contribution in [2.45, 2.75) is 12.5 Å². The van der Waals surface area contributed by atoms with Crippen molar-refractivity contribution >= 4 is 11.9 Å². The molecule has 3 N–H and O–H groups in total. The smallest absolute Gasteiger partial charge is 0.321 e. The fourth-order valence-corrected chi connectivity index (χ4v) is 0.656. The number of aliphatic carboxylic acids is 2. The molecular weight excluding hydrogens is 188 g/mol. The first kappa shape index (κ1) is 15.3. The lowest BCUT2D eigenvalue weighted by Gasteiger charge is -2.17. The van der Waals surface area contributed by atoms with Gasteiger partial charge in [0.2, 0.25) is 0 Å². The molecule has 14 heavy (non-hydrogen) atoms. The Morgan fingerprint density at radius 2 is 1.64 bits per heavy atom. The number of carboxylic acid groups (broad SMARTS) is 2. The van der Waals surface area contributed by atoms with Crippen molar-refractivity contribution in [3.63, 3.8) is 0 Å². The van der Waals surface area contributed by atoms with E-state index in [4.69, 9.17) is 10.2 Å². The maximum atomic E-state index is 10.4. The molecule has 0 aliphatic rings. The molecule has 0 aromatic rings. The number of nitrogens with one attached hydrogen (secondary N) is 1. The Labute approximate surface area is 83.5 Å². The van der Waals surface area contributed by atoms with Crippen LogP contribution in [0.3, 0.4) is 0 Å². The summed E-state index contributed by atoms with van der Waals surface area (Å²) in [7, 11) is 6.81. The predicted molar refractivity (Wildman–Crippen MR) is 52.3 cm³/mol. The molecule has 1 atom stereocenters. The van der Waals surface area contributed by atoms with Gasteiger partial charge in [0.05, 0.1) is 6.42 Å². The van der Waals surface area contributed by atoms with Crippen LogP contribution in [0.15, 0.2) is 0 Å². The summed E-state index contributed by atoms with van der Waals surface area (Å²) >= 11 is 0. The molecule has 84 valence electrons. The molecule has 1 unspecified atom stereocenters. The second-order valence-corrected chi connectivity index (χ2v) is 2.92. The zero-order valence-electron chi connectivity index (χ0n) is 8.94. The van der Waals surface area contributed by atoms with E-state index >= 15 is 0 Å². The van der Waals surface area contributed by atoms with Gasteiger partial charge >= 0.3 is 11.9 Å². The summed E-state index contributed by atoms with van der Waals surface area (Å²) in [5.74, 6) is -2.22. The van der Waals surface area contributed by atoms with Gasteiger partial charge < -0.3 is 15.5 Å². The Hall–Kier alpha value is -1.14. The molecule has 0 saturated heterocycles. The molecule has 0 spiro atoms. The van der Waals surface area contributed by atoms with Gasteiger partial charge in [0.25, 0.3) is 0 Å². The van der Waals surface area contributed by atoms with Gasteiger partial charge in [-0.1, -0.05) is 0 Å². The molecule has 0 aromatic heterocycles. The lowest BCUT2D eigenvalue weighted by atomic mass is 10.2. The zero-order chi connectivity index (χ0) is 11.7. The van der Waals surface area contributed by atoms with Crippen LogP contribution < -0.4 is 5.32 Å². The lowest BCUT2D eigenvalue weighted by molar-refractivity contribution is -0.148. The average Bonchev–Trinajstić information content (AvgIpc) is 2.00. The standard InChI is InChI=1S/C6H11NO4.C2H7N/c1-7(2)4(6(10)11)3-5(8)9;1-3-2/h4H,3H2,1-2H3,(H,8,9)(H,10,11);3H,1-2H3. The summed E-state index contributed by atoms with van der Waals surface area (Å²) < 4.78 is 0. The molecule has 0 aromatic carbocycles. The van der Waals surface area contributed by atoms with Crippen molar-refractivity contribution in [3.8, 4) is 0 Å². The van der Waals surface area contributed by atoms with Gasteiger partial charge in [0, 0.05) is 0 Å². The highest BCUT2D eigenvalue weighted by Crippen LogP contribution is 1.99. The van der Waals surface area contributed by atoms with E-state index in [2.05, 4.69) is 5.32 Å². The minimum absolute atomic E-state index is 0.373. The van der Waals surface area contributed by atoms with Crippen molar-refractivity contribution in [1.29, 1.82) is 0 Å². The van der Waals surface area contributed by atoms with Crippen LogP contribution in [0.1, 0.15) is 6.42 Å². The maximum absolute atomic E-state index is 10.4. The zero-order valence-corrected chi connectivity index (χ0v) is 8.94. The molecule has 0 aliphatic carbocycles. The summed E-state index contributed by atoms with van der Waals surface area (Å²) in [6.07, 6.45) is -0.373. The van der Waals surface area contributed by atoms with Crippen molar-refractivity contribution in [1.82, 2.24) is 10.2 Å². The van der Waals surface area contributed by atoms with Crippen LogP contribution in [-0.2, 0) is 9.59 Å². The van der Waals surface area contributed by atoms with Gasteiger partial charge in [-0.3, -0.25) is 14.5 Å². The van der Waals surface area contributed by atoms with E-state index < -0.39 is 18.0 Å². The largest absolute Gasteiger partial charge is 0.481 e. The topological polar surface area (TPSA) is 89.9 Å². The molecule has 0 amide bonds. The first-order chi connectivity index (χ1) is 6.36. The highest BCUT2D eigenvalue weighted by atomic mass is 16.4. The number of carboxylic acids is 2. The molecule has 0 bridgehead atoms. The summed E-state index contributed by atoms with van der Waals surface area (Å²) in [5, 5.41) is 19.5. The third kappa shape index (κ3) is 8.95. The van der Waals surface area contributed by atoms with Crippen LogP contribution in [0, 0.1) is 0 Å². The minimum atomic E-state index is -1.11. The highest BCUT2D eigenvalue weighted by Gasteiger charge is 2.22. The van der Waals surface area contributed by atoms with E-state index in [0.29, 0.717) is 0 Å². The Bertz CT molecular complexity index is 182. The minimum Gasteiger partial charge on any atom is -0.481 e. The van der Waals surface area contributed by atoms with Gasteiger partial charge in [-0.25, -0.2) is 0 Å². The second-order valence-electron chi connectivity index (χ2n) is 2.92. The summed E-state index contributed by atoms with van der Waals surface area (Å²) in [4.78, 5) is 21.9. The Morgan fingerprint density at radius 1 is 1.29 bits per heavy atom. The molecule has 6 nitrogen and oxygen atoms in total. The molecule has 0 heterocycles. The monoisotopic (exact) mass is 206 g/mol. The van der Waals surface area contributed by atoms with Crippen LogP contribution in [0.25, 0.3) is 0 Å².